The lowest BCUT2D eigenvalue weighted by atomic mass is 9.78. The summed E-state index contributed by atoms with van der Waals surface area (Å²) in [5.41, 5.74) is 1.42. The topological polar surface area (TPSA) is 22.1 Å². The van der Waals surface area contributed by atoms with E-state index in [1.54, 1.807) is 13.3 Å². The molecule has 2 nitrogen and oxygen atoms in total. The van der Waals surface area contributed by atoms with Crippen LogP contribution in [0.5, 0.6) is 5.75 Å². The fraction of sp³-hybridized carbons (Fsp3) is 0.583. The second-order valence-corrected chi connectivity index (χ2v) is 4.71. The van der Waals surface area contributed by atoms with Gasteiger partial charge in [0.1, 0.15) is 5.75 Å². The molecule has 1 aromatic heterocycles. The Hall–Kier alpha value is -1.05. The lowest BCUT2D eigenvalue weighted by Crippen LogP contribution is -2.16. The first-order valence-corrected chi connectivity index (χ1v) is 4.94. The molecule has 1 aromatic rings. The van der Waals surface area contributed by atoms with Crippen LogP contribution in [0.2, 0.25) is 0 Å². The van der Waals surface area contributed by atoms with E-state index >= 15 is 0 Å². The molecule has 1 atom stereocenters. The zero-order chi connectivity index (χ0) is 10.8. The normalized spacial score (nSPS) is 13.8. The molecule has 0 bridgehead atoms. The summed E-state index contributed by atoms with van der Waals surface area (Å²) >= 11 is 0. The average molecular weight is 193 g/mol. The SMILES string of the molecule is COc1ccncc1C(C)C(C)(C)C. The molecule has 1 rings (SSSR count). The summed E-state index contributed by atoms with van der Waals surface area (Å²) in [4.78, 5) is 4.15. The first-order valence-electron chi connectivity index (χ1n) is 4.94. The van der Waals surface area contributed by atoms with Crippen LogP contribution in [0.25, 0.3) is 0 Å². The van der Waals surface area contributed by atoms with Crippen LogP contribution in [-0.2, 0) is 0 Å². The molecule has 0 aliphatic heterocycles. The van der Waals surface area contributed by atoms with Gasteiger partial charge in [-0.25, -0.2) is 0 Å². The van der Waals surface area contributed by atoms with Crippen LogP contribution in [0.3, 0.4) is 0 Å². The molecule has 14 heavy (non-hydrogen) atoms. The monoisotopic (exact) mass is 193 g/mol. The highest BCUT2D eigenvalue weighted by Gasteiger charge is 2.24. The Kier molecular flexibility index (Phi) is 3.14. The fourth-order valence-corrected chi connectivity index (χ4v) is 1.37. The van der Waals surface area contributed by atoms with Gasteiger partial charge in [0.2, 0.25) is 0 Å². The average Bonchev–Trinajstić information content (AvgIpc) is 2.15. The van der Waals surface area contributed by atoms with Crippen molar-refractivity contribution in [2.45, 2.75) is 33.6 Å². The maximum atomic E-state index is 5.32. The van der Waals surface area contributed by atoms with Crippen molar-refractivity contribution in [1.82, 2.24) is 4.98 Å². The summed E-state index contributed by atoms with van der Waals surface area (Å²) < 4.78 is 5.32. The molecule has 0 radical (unpaired) electrons. The quantitative estimate of drug-likeness (QED) is 0.719. The molecule has 0 fully saturated rings. The third kappa shape index (κ3) is 2.25. The molecule has 0 N–H and O–H groups in total. The molecular weight excluding hydrogens is 174 g/mol. The molecular formula is C12H19NO. The Morgan fingerprint density at radius 2 is 2.00 bits per heavy atom. The largest absolute Gasteiger partial charge is 0.496 e. The van der Waals surface area contributed by atoms with E-state index in [9.17, 15) is 0 Å². The van der Waals surface area contributed by atoms with Gasteiger partial charge in [-0.15, -0.1) is 0 Å². The maximum absolute atomic E-state index is 5.32. The Labute approximate surface area is 86.3 Å². The van der Waals surface area contributed by atoms with E-state index in [4.69, 9.17) is 4.74 Å². The molecule has 0 aliphatic carbocycles. The minimum Gasteiger partial charge on any atom is -0.496 e. The molecule has 2 heteroatoms. The summed E-state index contributed by atoms with van der Waals surface area (Å²) in [6, 6.07) is 1.91. The van der Waals surface area contributed by atoms with Gasteiger partial charge in [-0.1, -0.05) is 27.7 Å². The highest BCUT2D eigenvalue weighted by molar-refractivity contribution is 5.33. The van der Waals surface area contributed by atoms with Gasteiger partial charge in [-0.3, -0.25) is 4.98 Å². The lowest BCUT2D eigenvalue weighted by Gasteiger charge is -2.28. The standard InChI is InChI=1S/C12H19NO/c1-9(12(2,3)4)10-8-13-7-6-11(10)14-5/h6-9H,1-5H3. The molecule has 0 saturated carbocycles. The zero-order valence-electron chi connectivity index (χ0n) is 9.66. The molecule has 0 amide bonds. The maximum Gasteiger partial charge on any atom is 0.125 e. The van der Waals surface area contributed by atoms with Crippen LogP contribution >= 0.6 is 0 Å². The molecule has 78 valence electrons. The lowest BCUT2D eigenvalue weighted by molar-refractivity contribution is 0.324. The number of ether oxygens (including phenoxy) is 1. The number of methoxy groups -OCH3 is 1. The van der Waals surface area contributed by atoms with Crippen molar-refractivity contribution in [3.8, 4) is 5.75 Å². The van der Waals surface area contributed by atoms with Crippen LogP contribution in [0.1, 0.15) is 39.2 Å². The van der Waals surface area contributed by atoms with Crippen LogP contribution in [0.15, 0.2) is 18.5 Å². The van der Waals surface area contributed by atoms with Crippen molar-refractivity contribution in [1.29, 1.82) is 0 Å². The number of nitrogens with zero attached hydrogens (tertiary/aromatic N) is 1. The third-order valence-electron chi connectivity index (χ3n) is 2.80. The molecule has 1 unspecified atom stereocenters. The van der Waals surface area contributed by atoms with Gasteiger partial charge < -0.3 is 4.74 Å². The second-order valence-electron chi connectivity index (χ2n) is 4.71. The van der Waals surface area contributed by atoms with E-state index in [2.05, 4.69) is 32.7 Å². The second kappa shape index (κ2) is 3.99. The van der Waals surface area contributed by atoms with Gasteiger partial charge >= 0.3 is 0 Å². The van der Waals surface area contributed by atoms with Crippen molar-refractivity contribution >= 4 is 0 Å². The van der Waals surface area contributed by atoms with Gasteiger partial charge in [0.25, 0.3) is 0 Å². The van der Waals surface area contributed by atoms with Crippen LogP contribution < -0.4 is 4.74 Å². The Morgan fingerprint density at radius 1 is 1.36 bits per heavy atom. The van der Waals surface area contributed by atoms with E-state index in [1.807, 2.05) is 12.3 Å². The van der Waals surface area contributed by atoms with E-state index in [0.717, 1.165) is 5.75 Å². The first kappa shape index (κ1) is 11.0. The van der Waals surface area contributed by atoms with E-state index in [-0.39, 0.29) is 5.41 Å². The van der Waals surface area contributed by atoms with Crippen LogP contribution in [0.4, 0.5) is 0 Å². The van der Waals surface area contributed by atoms with Crippen molar-refractivity contribution in [2.75, 3.05) is 7.11 Å². The number of pyridine rings is 1. The van der Waals surface area contributed by atoms with E-state index < -0.39 is 0 Å². The first-order chi connectivity index (χ1) is 6.46. The van der Waals surface area contributed by atoms with E-state index in [1.165, 1.54) is 5.56 Å². The number of hydrogen-bond acceptors (Lipinski definition) is 2. The van der Waals surface area contributed by atoms with Crippen LogP contribution in [0, 0.1) is 5.41 Å². The Morgan fingerprint density at radius 3 is 2.50 bits per heavy atom. The molecule has 0 saturated heterocycles. The van der Waals surface area contributed by atoms with E-state index in [0.29, 0.717) is 5.92 Å². The molecule has 0 aliphatic rings. The Bertz CT molecular complexity index is 301. The van der Waals surface area contributed by atoms with Crippen molar-refractivity contribution in [3.63, 3.8) is 0 Å². The van der Waals surface area contributed by atoms with Crippen LogP contribution in [-0.4, -0.2) is 12.1 Å². The number of hydrogen-bond donors (Lipinski definition) is 0. The Balaban J connectivity index is 3.06. The summed E-state index contributed by atoms with van der Waals surface area (Å²) in [7, 11) is 1.70. The molecule has 1 heterocycles. The van der Waals surface area contributed by atoms with Crippen molar-refractivity contribution in [3.05, 3.63) is 24.0 Å². The third-order valence-corrected chi connectivity index (χ3v) is 2.80. The minimum atomic E-state index is 0.232. The summed E-state index contributed by atoms with van der Waals surface area (Å²) in [5, 5.41) is 0. The zero-order valence-corrected chi connectivity index (χ0v) is 9.66. The predicted octanol–water partition coefficient (Wildman–Crippen LogP) is 3.24. The van der Waals surface area contributed by atoms with Gasteiger partial charge in [-0.05, 0) is 17.4 Å². The van der Waals surface area contributed by atoms with Crippen molar-refractivity contribution < 1.29 is 4.74 Å². The number of rotatable bonds is 2. The van der Waals surface area contributed by atoms with Gasteiger partial charge in [0.15, 0.2) is 0 Å². The summed E-state index contributed by atoms with van der Waals surface area (Å²) in [6.07, 6.45) is 3.66. The van der Waals surface area contributed by atoms with Gasteiger partial charge in [0, 0.05) is 18.0 Å². The van der Waals surface area contributed by atoms with Gasteiger partial charge in [-0.2, -0.15) is 0 Å². The fourth-order valence-electron chi connectivity index (χ4n) is 1.37. The highest BCUT2D eigenvalue weighted by Crippen LogP contribution is 2.38. The summed E-state index contributed by atoms with van der Waals surface area (Å²) in [6.45, 7) is 8.89. The number of aromatic nitrogens is 1. The van der Waals surface area contributed by atoms with Gasteiger partial charge in [0.05, 0.1) is 7.11 Å². The smallest absolute Gasteiger partial charge is 0.125 e. The minimum absolute atomic E-state index is 0.232. The molecule has 0 spiro atoms. The highest BCUT2D eigenvalue weighted by atomic mass is 16.5. The summed E-state index contributed by atoms with van der Waals surface area (Å²) in [5.74, 6) is 1.37. The van der Waals surface area contributed by atoms with Crippen molar-refractivity contribution in [2.24, 2.45) is 5.41 Å². The predicted molar refractivity (Wildman–Crippen MR) is 58.7 cm³/mol. The molecule has 0 aromatic carbocycles.